The molecule has 5 nitrogen and oxygen atoms in total. The van der Waals surface area contributed by atoms with Crippen LogP contribution in [0.1, 0.15) is 13.3 Å². The Morgan fingerprint density at radius 3 is 2.95 bits per heavy atom. The normalized spacial score (nSPS) is 20.2. The van der Waals surface area contributed by atoms with Crippen LogP contribution in [0.5, 0.6) is 0 Å². The van der Waals surface area contributed by atoms with E-state index in [2.05, 4.69) is 20.2 Å². The van der Waals surface area contributed by atoms with Gasteiger partial charge in [0, 0.05) is 25.6 Å². The van der Waals surface area contributed by atoms with Crippen molar-refractivity contribution in [3.05, 3.63) is 30.5 Å². The predicted octanol–water partition coefficient (Wildman–Crippen LogP) is 1.34. The molecule has 1 saturated heterocycles. The van der Waals surface area contributed by atoms with E-state index in [1.54, 1.807) is 6.20 Å². The van der Waals surface area contributed by atoms with Crippen LogP contribution < -0.4 is 10.2 Å². The molecule has 1 unspecified atom stereocenters. The van der Waals surface area contributed by atoms with Gasteiger partial charge in [-0.15, -0.1) is 0 Å². The summed E-state index contributed by atoms with van der Waals surface area (Å²) in [7, 11) is 0. The number of anilines is 1. The predicted molar refractivity (Wildman–Crippen MR) is 74.0 cm³/mol. The van der Waals surface area contributed by atoms with E-state index in [9.17, 15) is 4.79 Å². The fourth-order valence-electron chi connectivity index (χ4n) is 2.41. The molecule has 1 amide bonds. The molecule has 1 aliphatic heterocycles. The molecule has 1 aromatic heterocycles. The molecular formula is C14H16N4O. The number of para-hydroxylation sites is 2. The maximum Gasteiger partial charge on any atom is 0.222 e. The molecule has 0 radical (unpaired) electrons. The van der Waals surface area contributed by atoms with Gasteiger partial charge < -0.3 is 10.2 Å². The number of carbonyl (C=O) groups is 1. The second-order valence-electron chi connectivity index (χ2n) is 4.81. The first-order valence-electron chi connectivity index (χ1n) is 6.49. The third-order valence-corrected chi connectivity index (χ3v) is 3.42. The zero-order valence-corrected chi connectivity index (χ0v) is 10.8. The maximum absolute atomic E-state index is 11.5. The van der Waals surface area contributed by atoms with Crippen molar-refractivity contribution in [2.45, 2.75) is 19.4 Å². The van der Waals surface area contributed by atoms with Crippen molar-refractivity contribution in [1.82, 2.24) is 15.3 Å². The molecule has 19 heavy (non-hydrogen) atoms. The first kappa shape index (κ1) is 11.9. The molecule has 98 valence electrons. The minimum atomic E-state index is 0.101. The quantitative estimate of drug-likeness (QED) is 0.836. The Hall–Kier alpha value is -2.17. The minimum absolute atomic E-state index is 0.101. The zero-order chi connectivity index (χ0) is 13.2. The van der Waals surface area contributed by atoms with Gasteiger partial charge >= 0.3 is 0 Å². The number of hydrogen-bond donors (Lipinski definition) is 1. The Balaban J connectivity index is 1.96. The molecule has 0 aliphatic carbocycles. The maximum atomic E-state index is 11.5. The molecular weight excluding hydrogens is 240 g/mol. The van der Waals surface area contributed by atoms with Gasteiger partial charge in [0.2, 0.25) is 5.91 Å². The first-order chi connectivity index (χ1) is 9.24. The van der Waals surface area contributed by atoms with E-state index in [4.69, 9.17) is 0 Å². The Morgan fingerprint density at radius 1 is 1.32 bits per heavy atom. The van der Waals surface area contributed by atoms with E-state index in [-0.39, 0.29) is 11.9 Å². The second-order valence-corrected chi connectivity index (χ2v) is 4.81. The highest BCUT2D eigenvalue weighted by Gasteiger charge is 2.22. The van der Waals surface area contributed by atoms with Crippen LogP contribution in [-0.4, -0.2) is 35.0 Å². The number of fused-ring (bicyclic) bond motifs is 1. The molecule has 2 aromatic rings. The minimum Gasteiger partial charge on any atom is -0.354 e. The van der Waals surface area contributed by atoms with Crippen molar-refractivity contribution in [3.8, 4) is 0 Å². The third-order valence-electron chi connectivity index (χ3n) is 3.42. The lowest BCUT2D eigenvalue weighted by atomic mass is 10.2. The van der Waals surface area contributed by atoms with Crippen LogP contribution in [-0.2, 0) is 4.79 Å². The lowest BCUT2D eigenvalue weighted by molar-refractivity contribution is -0.120. The molecule has 5 heteroatoms. The first-order valence-corrected chi connectivity index (χ1v) is 6.49. The number of aromatic nitrogens is 2. The topological polar surface area (TPSA) is 58.1 Å². The lowest BCUT2D eigenvalue weighted by Crippen LogP contribution is -2.35. The average molecular weight is 256 g/mol. The van der Waals surface area contributed by atoms with Crippen molar-refractivity contribution in [2.75, 3.05) is 18.0 Å². The SMILES string of the molecule is CC1CC(=O)NCCN1c1cnc2ccccc2n1. The van der Waals surface area contributed by atoms with Gasteiger partial charge in [0.05, 0.1) is 17.2 Å². The van der Waals surface area contributed by atoms with Gasteiger partial charge in [-0.2, -0.15) is 0 Å². The number of amides is 1. The largest absolute Gasteiger partial charge is 0.354 e. The Bertz CT molecular complexity index is 613. The number of nitrogens with zero attached hydrogens (tertiary/aromatic N) is 3. The van der Waals surface area contributed by atoms with E-state index in [1.165, 1.54) is 0 Å². The number of rotatable bonds is 1. The molecule has 2 heterocycles. The van der Waals surface area contributed by atoms with E-state index in [0.29, 0.717) is 13.0 Å². The Morgan fingerprint density at radius 2 is 2.11 bits per heavy atom. The van der Waals surface area contributed by atoms with Crippen molar-refractivity contribution < 1.29 is 4.79 Å². The van der Waals surface area contributed by atoms with Crippen LogP contribution in [0.2, 0.25) is 0 Å². The van der Waals surface area contributed by atoms with E-state index in [0.717, 1.165) is 23.4 Å². The number of nitrogens with one attached hydrogen (secondary N) is 1. The molecule has 0 spiro atoms. The average Bonchev–Trinajstić information content (AvgIpc) is 2.59. The lowest BCUT2D eigenvalue weighted by Gasteiger charge is -2.27. The van der Waals surface area contributed by atoms with Gasteiger partial charge in [-0.05, 0) is 19.1 Å². The van der Waals surface area contributed by atoms with E-state index >= 15 is 0 Å². The molecule has 1 aliphatic rings. The molecule has 1 atom stereocenters. The molecule has 1 aromatic carbocycles. The van der Waals surface area contributed by atoms with Crippen LogP contribution in [0.15, 0.2) is 30.5 Å². The van der Waals surface area contributed by atoms with Crippen molar-refractivity contribution >= 4 is 22.8 Å². The van der Waals surface area contributed by atoms with Gasteiger partial charge in [0.25, 0.3) is 0 Å². The van der Waals surface area contributed by atoms with Crippen LogP contribution in [0, 0.1) is 0 Å². The summed E-state index contributed by atoms with van der Waals surface area (Å²) in [5.41, 5.74) is 1.78. The van der Waals surface area contributed by atoms with Crippen molar-refractivity contribution in [3.63, 3.8) is 0 Å². The summed E-state index contributed by atoms with van der Waals surface area (Å²) >= 11 is 0. The van der Waals surface area contributed by atoms with Crippen molar-refractivity contribution in [1.29, 1.82) is 0 Å². The highest BCUT2D eigenvalue weighted by molar-refractivity contribution is 5.78. The third kappa shape index (κ3) is 2.36. The number of hydrogen-bond acceptors (Lipinski definition) is 4. The van der Waals surface area contributed by atoms with Crippen LogP contribution >= 0.6 is 0 Å². The van der Waals surface area contributed by atoms with Crippen LogP contribution in [0.25, 0.3) is 11.0 Å². The summed E-state index contributed by atoms with van der Waals surface area (Å²) in [4.78, 5) is 22.7. The van der Waals surface area contributed by atoms with Crippen LogP contribution in [0.4, 0.5) is 5.82 Å². The Labute approximate surface area is 111 Å². The second kappa shape index (κ2) is 4.84. The monoisotopic (exact) mass is 256 g/mol. The van der Waals surface area contributed by atoms with Gasteiger partial charge in [-0.25, -0.2) is 4.98 Å². The van der Waals surface area contributed by atoms with Gasteiger partial charge in [0.1, 0.15) is 5.82 Å². The van der Waals surface area contributed by atoms with Gasteiger partial charge in [-0.1, -0.05) is 12.1 Å². The molecule has 1 fully saturated rings. The summed E-state index contributed by atoms with van der Waals surface area (Å²) < 4.78 is 0. The fourth-order valence-corrected chi connectivity index (χ4v) is 2.41. The van der Waals surface area contributed by atoms with Crippen LogP contribution in [0.3, 0.4) is 0 Å². The zero-order valence-electron chi connectivity index (χ0n) is 10.8. The summed E-state index contributed by atoms with van der Waals surface area (Å²) in [6.45, 7) is 3.46. The summed E-state index contributed by atoms with van der Waals surface area (Å²) in [6.07, 6.45) is 2.28. The number of carbonyl (C=O) groups excluding carboxylic acids is 1. The van der Waals surface area contributed by atoms with E-state index in [1.807, 2.05) is 31.2 Å². The van der Waals surface area contributed by atoms with E-state index < -0.39 is 0 Å². The Kier molecular flexibility index (Phi) is 3.03. The highest BCUT2D eigenvalue weighted by atomic mass is 16.1. The van der Waals surface area contributed by atoms with Crippen molar-refractivity contribution in [2.24, 2.45) is 0 Å². The number of benzene rings is 1. The summed E-state index contributed by atoms with van der Waals surface area (Å²) in [5.74, 6) is 0.937. The smallest absolute Gasteiger partial charge is 0.222 e. The molecule has 0 bridgehead atoms. The highest BCUT2D eigenvalue weighted by Crippen LogP contribution is 2.19. The standard InChI is InChI=1S/C14H16N4O/c1-10-8-14(19)15-6-7-18(10)13-9-16-11-4-2-3-5-12(11)17-13/h2-5,9-10H,6-8H2,1H3,(H,15,19). The fraction of sp³-hybridized carbons (Fsp3) is 0.357. The molecule has 3 rings (SSSR count). The summed E-state index contributed by atoms with van der Waals surface area (Å²) in [6, 6.07) is 7.95. The van der Waals surface area contributed by atoms with Gasteiger partial charge in [-0.3, -0.25) is 9.78 Å². The van der Waals surface area contributed by atoms with Gasteiger partial charge in [0.15, 0.2) is 0 Å². The molecule has 0 saturated carbocycles. The molecule has 1 N–H and O–H groups in total. The summed E-state index contributed by atoms with van der Waals surface area (Å²) in [5, 5.41) is 2.88.